The van der Waals surface area contributed by atoms with Crippen LogP contribution < -0.4 is 15.8 Å². The number of hydrogen-bond donors (Lipinski definition) is 2. The van der Waals surface area contributed by atoms with Gasteiger partial charge in [-0.2, -0.15) is 0 Å². The van der Waals surface area contributed by atoms with Crippen LogP contribution in [-0.4, -0.2) is 19.6 Å². The molecule has 3 N–H and O–H groups in total. The average Bonchev–Trinajstić information content (AvgIpc) is 3.31. The molecular formula is C16H22N2O2. The van der Waals surface area contributed by atoms with E-state index in [-0.39, 0.29) is 5.91 Å². The fourth-order valence-electron chi connectivity index (χ4n) is 2.98. The predicted octanol–water partition coefficient (Wildman–Crippen LogP) is 2.44. The van der Waals surface area contributed by atoms with Gasteiger partial charge in [0.15, 0.2) is 0 Å². The number of anilines is 1. The normalized spacial score (nSPS) is 18.1. The first kappa shape index (κ1) is 13.3. The molecule has 0 unspecified atom stereocenters. The summed E-state index contributed by atoms with van der Waals surface area (Å²) >= 11 is 0. The van der Waals surface area contributed by atoms with Gasteiger partial charge in [0.2, 0.25) is 0 Å². The van der Waals surface area contributed by atoms with Gasteiger partial charge in [-0.05, 0) is 61.6 Å². The van der Waals surface area contributed by atoms with E-state index in [9.17, 15) is 4.79 Å². The van der Waals surface area contributed by atoms with Gasteiger partial charge in [-0.25, -0.2) is 0 Å². The zero-order chi connectivity index (χ0) is 14.1. The second-order valence-corrected chi connectivity index (χ2v) is 6.01. The van der Waals surface area contributed by atoms with Crippen molar-refractivity contribution in [2.24, 2.45) is 17.8 Å². The molecule has 1 aromatic rings. The number of ether oxygens (including phenoxy) is 1. The number of methoxy groups -OCH3 is 1. The van der Waals surface area contributed by atoms with Crippen molar-refractivity contribution < 1.29 is 9.53 Å². The number of hydrogen-bond acceptors (Lipinski definition) is 3. The molecular weight excluding hydrogens is 252 g/mol. The molecule has 0 radical (unpaired) electrons. The summed E-state index contributed by atoms with van der Waals surface area (Å²) in [5.41, 5.74) is 6.86. The maximum absolute atomic E-state index is 12.3. The number of nitrogens with one attached hydrogen (secondary N) is 1. The van der Waals surface area contributed by atoms with E-state index in [4.69, 9.17) is 10.5 Å². The summed E-state index contributed by atoms with van der Waals surface area (Å²) in [6.45, 7) is 0.784. The molecule has 1 amide bonds. The van der Waals surface area contributed by atoms with Gasteiger partial charge in [0.25, 0.3) is 5.91 Å². The summed E-state index contributed by atoms with van der Waals surface area (Å²) in [5.74, 6) is 2.84. The Labute approximate surface area is 119 Å². The third-order valence-electron chi connectivity index (χ3n) is 4.42. The minimum absolute atomic E-state index is 0.0829. The van der Waals surface area contributed by atoms with Crippen molar-refractivity contribution in [2.45, 2.75) is 25.7 Å². The van der Waals surface area contributed by atoms with Gasteiger partial charge in [-0.1, -0.05) is 0 Å². The maximum atomic E-state index is 12.3. The minimum Gasteiger partial charge on any atom is -0.496 e. The van der Waals surface area contributed by atoms with Crippen LogP contribution >= 0.6 is 0 Å². The van der Waals surface area contributed by atoms with Gasteiger partial charge in [0.1, 0.15) is 5.75 Å². The van der Waals surface area contributed by atoms with Gasteiger partial charge in [-0.15, -0.1) is 0 Å². The first-order valence-electron chi connectivity index (χ1n) is 7.40. The molecule has 108 valence electrons. The molecule has 20 heavy (non-hydrogen) atoms. The van der Waals surface area contributed by atoms with Crippen LogP contribution in [-0.2, 0) is 0 Å². The number of nitrogens with two attached hydrogens (primary N) is 1. The van der Waals surface area contributed by atoms with E-state index in [1.54, 1.807) is 25.3 Å². The van der Waals surface area contributed by atoms with E-state index < -0.39 is 0 Å². The van der Waals surface area contributed by atoms with E-state index >= 15 is 0 Å². The molecule has 2 saturated carbocycles. The maximum Gasteiger partial charge on any atom is 0.255 e. The van der Waals surface area contributed by atoms with E-state index in [0.29, 0.717) is 22.9 Å². The lowest BCUT2D eigenvalue weighted by atomic mass is 9.98. The lowest BCUT2D eigenvalue weighted by Crippen LogP contribution is -2.31. The van der Waals surface area contributed by atoms with Crippen LogP contribution in [0.15, 0.2) is 18.2 Å². The van der Waals surface area contributed by atoms with Crippen molar-refractivity contribution in [3.8, 4) is 5.75 Å². The molecule has 0 aromatic heterocycles. The summed E-state index contributed by atoms with van der Waals surface area (Å²) in [7, 11) is 1.57. The Morgan fingerprint density at radius 3 is 2.55 bits per heavy atom. The average molecular weight is 274 g/mol. The number of carbonyl (C=O) groups excluding carboxylic acids is 1. The van der Waals surface area contributed by atoms with Crippen LogP contribution in [0.5, 0.6) is 5.75 Å². The SMILES string of the molecule is COc1ccc(N)cc1C(=O)NCC(C1CC1)C1CC1. The summed E-state index contributed by atoms with van der Waals surface area (Å²) in [4.78, 5) is 12.3. The summed E-state index contributed by atoms with van der Waals surface area (Å²) in [6.07, 6.45) is 5.33. The molecule has 1 aromatic carbocycles. The third kappa shape index (κ3) is 2.89. The quantitative estimate of drug-likeness (QED) is 0.783. The lowest BCUT2D eigenvalue weighted by molar-refractivity contribution is 0.0940. The first-order valence-corrected chi connectivity index (χ1v) is 7.40. The number of amides is 1. The van der Waals surface area contributed by atoms with Crippen molar-refractivity contribution in [2.75, 3.05) is 19.4 Å². The predicted molar refractivity (Wildman–Crippen MR) is 78.7 cm³/mol. The smallest absolute Gasteiger partial charge is 0.255 e. The van der Waals surface area contributed by atoms with Crippen LogP contribution in [0.1, 0.15) is 36.0 Å². The van der Waals surface area contributed by atoms with Gasteiger partial charge in [-0.3, -0.25) is 4.79 Å². The highest BCUT2D eigenvalue weighted by molar-refractivity contribution is 5.97. The molecule has 0 heterocycles. The Morgan fingerprint density at radius 2 is 2.00 bits per heavy atom. The number of benzene rings is 1. The first-order chi connectivity index (χ1) is 9.69. The van der Waals surface area contributed by atoms with Gasteiger partial charge in [0.05, 0.1) is 12.7 Å². The topological polar surface area (TPSA) is 64.3 Å². The molecule has 2 fully saturated rings. The zero-order valence-electron chi connectivity index (χ0n) is 11.9. The van der Waals surface area contributed by atoms with Crippen molar-refractivity contribution in [3.63, 3.8) is 0 Å². The number of nitrogen functional groups attached to an aromatic ring is 1. The summed E-state index contributed by atoms with van der Waals surface area (Å²) < 4.78 is 5.23. The second-order valence-electron chi connectivity index (χ2n) is 6.01. The Balaban J connectivity index is 1.64. The number of carbonyl (C=O) groups is 1. The summed E-state index contributed by atoms with van der Waals surface area (Å²) in [5, 5.41) is 3.07. The zero-order valence-corrected chi connectivity index (χ0v) is 11.9. The molecule has 3 rings (SSSR count). The second kappa shape index (κ2) is 5.35. The molecule has 0 atom stereocenters. The van der Waals surface area contributed by atoms with Gasteiger partial charge < -0.3 is 15.8 Å². The van der Waals surface area contributed by atoms with E-state index in [1.165, 1.54) is 25.7 Å². The largest absolute Gasteiger partial charge is 0.496 e. The fraction of sp³-hybridized carbons (Fsp3) is 0.562. The fourth-order valence-corrected chi connectivity index (χ4v) is 2.98. The van der Waals surface area contributed by atoms with Crippen molar-refractivity contribution >= 4 is 11.6 Å². The lowest BCUT2D eigenvalue weighted by Gasteiger charge is -2.17. The third-order valence-corrected chi connectivity index (χ3v) is 4.42. The Hall–Kier alpha value is -1.71. The Kier molecular flexibility index (Phi) is 3.55. The molecule has 0 saturated heterocycles. The van der Waals surface area contributed by atoms with Crippen LogP contribution in [0.25, 0.3) is 0 Å². The van der Waals surface area contributed by atoms with Crippen molar-refractivity contribution in [1.29, 1.82) is 0 Å². The molecule has 2 aliphatic rings. The van der Waals surface area contributed by atoms with Crippen LogP contribution in [0, 0.1) is 17.8 Å². The van der Waals surface area contributed by atoms with Gasteiger partial charge in [0, 0.05) is 12.2 Å². The Bertz CT molecular complexity index is 495. The molecule has 0 spiro atoms. The summed E-state index contributed by atoms with van der Waals surface area (Å²) in [6, 6.07) is 5.16. The van der Waals surface area contributed by atoms with Crippen LogP contribution in [0.2, 0.25) is 0 Å². The number of rotatable bonds is 6. The van der Waals surface area contributed by atoms with Gasteiger partial charge >= 0.3 is 0 Å². The standard InChI is InChI=1S/C16H22N2O2/c1-20-15-7-6-12(17)8-13(15)16(19)18-9-14(10-2-3-10)11-4-5-11/h6-8,10-11,14H,2-5,9,17H2,1H3,(H,18,19). The van der Waals surface area contributed by atoms with E-state index in [1.807, 2.05) is 0 Å². The minimum atomic E-state index is -0.0829. The van der Waals surface area contributed by atoms with Crippen LogP contribution in [0.4, 0.5) is 5.69 Å². The Morgan fingerprint density at radius 1 is 1.35 bits per heavy atom. The molecule has 0 aliphatic heterocycles. The van der Waals surface area contributed by atoms with Crippen molar-refractivity contribution in [1.82, 2.24) is 5.32 Å². The van der Waals surface area contributed by atoms with E-state index in [2.05, 4.69) is 5.32 Å². The van der Waals surface area contributed by atoms with Crippen molar-refractivity contribution in [3.05, 3.63) is 23.8 Å². The monoisotopic (exact) mass is 274 g/mol. The molecule has 4 heteroatoms. The molecule has 4 nitrogen and oxygen atoms in total. The van der Waals surface area contributed by atoms with E-state index in [0.717, 1.165) is 18.4 Å². The molecule has 0 bridgehead atoms. The highest BCUT2D eigenvalue weighted by Gasteiger charge is 2.41. The molecule has 2 aliphatic carbocycles. The highest BCUT2D eigenvalue weighted by atomic mass is 16.5. The van der Waals surface area contributed by atoms with Crippen LogP contribution in [0.3, 0.4) is 0 Å². The highest BCUT2D eigenvalue weighted by Crippen LogP contribution is 2.48.